The van der Waals surface area contributed by atoms with Gasteiger partial charge in [-0.25, -0.2) is 0 Å². The van der Waals surface area contributed by atoms with Crippen LogP contribution in [0.15, 0.2) is 0 Å². The van der Waals surface area contributed by atoms with Crippen molar-refractivity contribution in [2.75, 3.05) is 46.2 Å². The maximum absolute atomic E-state index is 9.90. The fourth-order valence-electron chi connectivity index (χ4n) is 2.35. The fourth-order valence-corrected chi connectivity index (χ4v) is 2.35. The molecule has 0 aliphatic rings. The molecule has 0 radical (unpaired) electrons. The van der Waals surface area contributed by atoms with Gasteiger partial charge in [0.2, 0.25) is 0 Å². The second-order valence-electron chi connectivity index (χ2n) is 9.53. The molecule has 0 heterocycles. The van der Waals surface area contributed by atoms with Gasteiger partial charge in [-0.2, -0.15) is 0 Å². The van der Waals surface area contributed by atoms with Crippen molar-refractivity contribution in [1.29, 1.82) is 0 Å². The Labute approximate surface area is 234 Å². The van der Waals surface area contributed by atoms with Gasteiger partial charge >= 0.3 is 11.9 Å². The van der Waals surface area contributed by atoms with Gasteiger partial charge in [0, 0.05) is 19.4 Å². The summed E-state index contributed by atoms with van der Waals surface area (Å²) in [7, 11) is 0. The molecule has 0 aromatic rings. The van der Waals surface area contributed by atoms with Gasteiger partial charge in [0.1, 0.15) is 0 Å². The first kappa shape index (κ1) is 42.1. The number of carboxylic acids is 2. The highest BCUT2D eigenvalue weighted by Crippen LogP contribution is 2.00. The molecule has 5 N–H and O–H groups in total. The molecular formula is C27H56O12. The topological polar surface area (TPSA) is 181 Å². The van der Waals surface area contributed by atoms with E-state index in [4.69, 9.17) is 49.2 Å². The first-order valence-electron chi connectivity index (χ1n) is 13.7. The van der Waals surface area contributed by atoms with Crippen molar-refractivity contribution in [2.45, 2.75) is 117 Å². The number of carboxylic acid groups (broad SMARTS) is 2. The van der Waals surface area contributed by atoms with Crippen LogP contribution in [0, 0.1) is 0 Å². The summed E-state index contributed by atoms with van der Waals surface area (Å²) in [6, 6.07) is 0. The van der Waals surface area contributed by atoms with E-state index in [1.54, 1.807) is 20.8 Å². The van der Waals surface area contributed by atoms with Gasteiger partial charge in [-0.15, -0.1) is 0 Å². The van der Waals surface area contributed by atoms with Gasteiger partial charge in [0.25, 0.3) is 0 Å². The normalized spacial score (nSPS) is 15.4. The largest absolute Gasteiger partial charge is 0.481 e. The lowest BCUT2D eigenvalue weighted by Crippen LogP contribution is -2.25. The van der Waals surface area contributed by atoms with Crippen LogP contribution >= 0.6 is 0 Å². The van der Waals surface area contributed by atoms with Crippen LogP contribution < -0.4 is 0 Å². The number of ether oxygens (including phenoxy) is 5. The Morgan fingerprint density at radius 3 is 1.31 bits per heavy atom. The van der Waals surface area contributed by atoms with Crippen molar-refractivity contribution < 1.29 is 58.8 Å². The Morgan fingerprint density at radius 2 is 0.974 bits per heavy atom. The zero-order chi connectivity index (χ0) is 30.6. The molecule has 0 bridgehead atoms. The minimum atomic E-state index is -0.870. The Morgan fingerprint density at radius 1 is 0.615 bits per heavy atom. The number of aliphatic carboxylic acids is 2. The molecule has 0 aromatic heterocycles. The molecule has 0 saturated heterocycles. The number of hydrogen-bond donors (Lipinski definition) is 5. The molecule has 12 nitrogen and oxygen atoms in total. The molecule has 0 aromatic carbocycles. The summed E-state index contributed by atoms with van der Waals surface area (Å²) in [5.74, 6) is -1.74. The lowest BCUT2D eigenvalue weighted by atomic mass is 10.2. The number of unbranched alkanes of at least 4 members (excludes halogenated alkanes) is 1. The van der Waals surface area contributed by atoms with Gasteiger partial charge in [-0.05, 0) is 60.8 Å². The highest BCUT2D eigenvalue weighted by molar-refractivity contribution is 5.67. The van der Waals surface area contributed by atoms with E-state index >= 15 is 0 Å². The van der Waals surface area contributed by atoms with Crippen molar-refractivity contribution in [3.05, 3.63) is 0 Å². The van der Waals surface area contributed by atoms with E-state index in [9.17, 15) is 9.59 Å². The van der Waals surface area contributed by atoms with Gasteiger partial charge in [-0.1, -0.05) is 6.92 Å². The quantitative estimate of drug-likeness (QED) is 0.120. The maximum atomic E-state index is 9.90. The van der Waals surface area contributed by atoms with Crippen LogP contribution in [0.5, 0.6) is 0 Å². The van der Waals surface area contributed by atoms with E-state index in [0.717, 1.165) is 13.0 Å². The molecule has 6 atom stereocenters. The standard InChI is InChI=1S/C12H26O4.C9H20O4.C6H10O4/c1-5-6-14-8-11(3)16-9-12(4)15-7-10(2)13;1-7(11)5-12-9(3)6-13-8(2)4-10;7-5(8)3-1-2-4-6(9)10/h10-13H,5-9H2,1-4H3;7-11H,4-6H2,1-3H3;1-4H2,(H,7,8)(H,9,10). The van der Waals surface area contributed by atoms with Crippen LogP contribution in [0.2, 0.25) is 0 Å². The van der Waals surface area contributed by atoms with E-state index in [1.807, 2.05) is 20.8 Å². The Hall–Kier alpha value is -1.38. The predicted octanol–water partition coefficient (Wildman–Crippen LogP) is 2.49. The van der Waals surface area contributed by atoms with Gasteiger partial charge in [0.05, 0.1) is 76.3 Å². The maximum Gasteiger partial charge on any atom is 0.303 e. The molecule has 0 saturated carbocycles. The molecule has 0 rings (SSSR count). The van der Waals surface area contributed by atoms with E-state index in [2.05, 4.69) is 6.92 Å². The molecule has 0 spiro atoms. The average Bonchev–Trinajstić information content (AvgIpc) is 2.86. The second kappa shape index (κ2) is 29.6. The second-order valence-corrected chi connectivity index (χ2v) is 9.53. The summed E-state index contributed by atoms with van der Waals surface area (Å²) in [6.07, 6.45) is 1.06. The summed E-state index contributed by atoms with van der Waals surface area (Å²) in [6.45, 7) is 16.1. The molecule has 6 unspecified atom stereocenters. The number of aliphatic hydroxyl groups is 3. The highest BCUT2D eigenvalue weighted by atomic mass is 16.6. The summed E-state index contributed by atoms with van der Waals surface area (Å²) in [4.78, 5) is 19.8. The summed E-state index contributed by atoms with van der Waals surface area (Å²) in [5.41, 5.74) is 0. The SMILES string of the molecule is CC(O)COC(C)COC(C)CO.CCCOCC(C)OCC(C)OCC(C)O.O=C(O)CCCCC(=O)O. The zero-order valence-corrected chi connectivity index (χ0v) is 25.0. The van der Waals surface area contributed by atoms with Crippen LogP contribution in [0.3, 0.4) is 0 Å². The lowest BCUT2D eigenvalue weighted by Gasteiger charge is -2.18. The van der Waals surface area contributed by atoms with Crippen molar-refractivity contribution in [3.63, 3.8) is 0 Å². The van der Waals surface area contributed by atoms with Crippen LogP contribution in [-0.2, 0) is 33.3 Å². The van der Waals surface area contributed by atoms with Crippen molar-refractivity contribution in [1.82, 2.24) is 0 Å². The number of aliphatic hydroxyl groups excluding tert-OH is 3. The molecule has 0 amide bonds. The monoisotopic (exact) mass is 572 g/mol. The molecule has 0 aliphatic carbocycles. The van der Waals surface area contributed by atoms with Crippen molar-refractivity contribution in [2.24, 2.45) is 0 Å². The molecule has 236 valence electrons. The van der Waals surface area contributed by atoms with Crippen LogP contribution in [0.1, 0.15) is 80.6 Å². The van der Waals surface area contributed by atoms with E-state index < -0.39 is 24.1 Å². The lowest BCUT2D eigenvalue weighted by molar-refractivity contribution is -0.139. The van der Waals surface area contributed by atoms with Crippen molar-refractivity contribution in [3.8, 4) is 0 Å². The van der Waals surface area contributed by atoms with Crippen LogP contribution in [-0.4, -0.2) is 120 Å². The van der Waals surface area contributed by atoms with E-state index in [-0.39, 0.29) is 43.9 Å². The summed E-state index contributed by atoms with van der Waals surface area (Å²) < 4.78 is 26.8. The molecule has 39 heavy (non-hydrogen) atoms. The molecular weight excluding hydrogens is 516 g/mol. The molecule has 12 heteroatoms. The first-order chi connectivity index (χ1) is 18.2. The Kier molecular flexibility index (Phi) is 31.9. The van der Waals surface area contributed by atoms with Gasteiger partial charge in [0.15, 0.2) is 0 Å². The van der Waals surface area contributed by atoms with Crippen LogP contribution in [0.4, 0.5) is 0 Å². The summed E-state index contributed by atoms with van der Waals surface area (Å²) in [5, 5.41) is 42.9. The van der Waals surface area contributed by atoms with Gasteiger partial charge in [-0.3, -0.25) is 9.59 Å². The number of carbonyl (C=O) groups is 2. The Balaban J connectivity index is -0.000000513. The van der Waals surface area contributed by atoms with Crippen molar-refractivity contribution >= 4 is 11.9 Å². The molecule has 0 fully saturated rings. The van der Waals surface area contributed by atoms with E-state index in [1.165, 1.54) is 0 Å². The third-order valence-electron chi connectivity index (χ3n) is 4.46. The smallest absolute Gasteiger partial charge is 0.303 e. The highest BCUT2D eigenvalue weighted by Gasteiger charge is 2.09. The predicted molar refractivity (Wildman–Crippen MR) is 147 cm³/mol. The third-order valence-corrected chi connectivity index (χ3v) is 4.46. The Bertz CT molecular complexity index is 529. The minimum absolute atomic E-state index is 0.00299. The number of hydrogen-bond acceptors (Lipinski definition) is 10. The first-order valence-corrected chi connectivity index (χ1v) is 13.7. The van der Waals surface area contributed by atoms with E-state index in [0.29, 0.717) is 45.9 Å². The summed E-state index contributed by atoms with van der Waals surface area (Å²) >= 11 is 0. The third kappa shape index (κ3) is 41.2. The number of rotatable bonds is 22. The fraction of sp³-hybridized carbons (Fsp3) is 0.926. The minimum Gasteiger partial charge on any atom is -0.481 e. The zero-order valence-electron chi connectivity index (χ0n) is 25.0. The van der Waals surface area contributed by atoms with Gasteiger partial charge < -0.3 is 49.2 Å². The van der Waals surface area contributed by atoms with Crippen LogP contribution in [0.25, 0.3) is 0 Å². The average molecular weight is 573 g/mol. The molecule has 0 aliphatic heterocycles.